The minimum Gasteiger partial charge on any atom is -0.313 e. The molecule has 1 aliphatic carbocycles. The Morgan fingerprint density at radius 1 is 1.10 bits per heavy atom. The average molecular weight is 281 g/mol. The van der Waals surface area contributed by atoms with Crippen molar-refractivity contribution < 1.29 is 0 Å². The Morgan fingerprint density at radius 3 is 2.50 bits per heavy atom. The zero-order valence-corrected chi connectivity index (χ0v) is 13.9. The molecule has 0 amide bonds. The minimum absolute atomic E-state index is 0.725. The molecule has 1 saturated heterocycles. The number of hydrogen-bond acceptors (Lipinski definition) is 3. The molecule has 1 heterocycles. The van der Waals surface area contributed by atoms with Crippen molar-refractivity contribution in [3.8, 4) is 0 Å². The zero-order chi connectivity index (χ0) is 14.4. The molecule has 0 aromatic carbocycles. The lowest BCUT2D eigenvalue weighted by molar-refractivity contribution is 0.156. The second-order valence-electron chi connectivity index (χ2n) is 7.12. The van der Waals surface area contributed by atoms with Crippen molar-refractivity contribution in [3.05, 3.63) is 0 Å². The van der Waals surface area contributed by atoms with E-state index in [9.17, 15) is 0 Å². The van der Waals surface area contributed by atoms with Gasteiger partial charge >= 0.3 is 0 Å². The third-order valence-electron chi connectivity index (χ3n) is 5.19. The summed E-state index contributed by atoms with van der Waals surface area (Å²) in [6, 6.07) is 1.51. The summed E-state index contributed by atoms with van der Waals surface area (Å²) in [6.07, 6.45) is 10.0. The number of rotatable bonds is 7. The molecule has 20 heavy (non-hydrogen) atoms. The lowest BCUT2D eigenvalue weighted by Crippen LogP contribution is -2.49. The molecule has 0 radical (unpaired) electrons. The van der Waals surface area contributed by atoms with Gasteiger partial charge in [-0.15, -0.1) is 0 Å². The second-order valence-corrected chi connectivity index (χ2v) is 7.12. The van der Waals surface area contributed by atoms with Crippen LogP contribution in [0.25, 0.3) is 0 Å². The molecule has 2 aliphatic rings. The summed E-state index contributed by atoms with van der Waals surface area (Å²) < 4.78 is 0. The normalized spacial score (nSPS) is 27.3. The zero-order valence-electron chi connectivity index (χ0n) is 13.9. The summed E-state index contributed by atoms with van der Waals surface area (Å²) in [5.74, 6) is 0.921. The topological polar surface area (TPSA) is 18.5 Å². The van der Waals surface area contributed by atoms with Crippen LogP contribution in [0.1, 0.15) is 51.9 Å². The van der Waals surface area contributed by atoms with E-state index in [4.69, 9.17) is 0 Å². The van der Waals surface area contributed by atoms with Crippen molar-refractivity contribution in [2.75, 3.05) is 40.3 Å². The molecule has 2 fully saturated rings. The quantitative estimate of drug-likeness (QED) is 0.774. The highest BCUT2D eigenvalue weighted by molar-refractivity contribution is 4.87. The maximum absolute atomic E-state index is 3.80. The van der Waals surface area contributed by atoms with Gasteiger partial charge in [0, 0.05) is 25.2 Å². The molecular formula is C17H35N3. The molecule has 2 rings (SSSR count). The molecule has 1 aliphatic heterocycles. The average Bonchev–Trinajstić information content (AvgIpc) is 2.86. The predicted molar refractivity (Wildman–Crippen MR) is 87.2 cm³/mol. The lowest BCUT2D eigenvalue weighted by Gasteiger charge is -2.36. The van der Waals surface area contributed by atoms with Gasteiger partial charge in [0.25, 0.3) is 0 Å². The van der Waals surface area contributed by atoms with Crippen LogP contribution < -0.4 is 5.32 Å². The van der Waals surface area contributed by atoms with E-state index in [0.29, 0.717) is 0 Å². The van der Waals surface area contributed by atoms with Crippen molar-refractivity contribution in [1.29, 1.82) is 0 Å². The minimum atomic E-state index is 0.725. The van der Waals surface area contributed by atoms with Crippen LogP contribution in [0.3, 0.4) is 0 Å². The molecule has 1 saturated carbocycles. The van der Waals surface area contributed by atoms with Gasteiger partial charge < -0.3 is 10.2 Å². The maximum Gasteiger partial charge on any atom is 0.0224 e. The monoisotopic (exact) mass is 281 g/mol. The van der Waals surface area contributed by atoms with Gasteiger partial charge in [0.2, 0.25) is 0 Å². The number of likely N-dealkylation sites (N-methyl/N-ethyl adjacent to an activating group) is 2. The van der Waals surface area contributed by atoms with Crippen LogP contribution in [0.15, 0.2) is 0 Å². The van der Waals surface area contributed by atoms with Gasteiger partial charge in [-0.25, -0.2) is 0 Å². The summed E-state index contributed by atoms with van der Waals surface area (Å²) in [6.45, 7) is 7.19. The SMILES string of the molecule is CCNC(CN1CCCC1CN(C)C)C1CCCCC1. The summed E-state index contributed by atoms with van der Waals surface area (Å²) >= 11 is 0. The highest BCUT2D eigenvalue weighted by Gasteiger charge is 2.30. The number of nitrogens with zero attached hydrogens (tertiary/aromatic N) is 2. The van der Waals surface area contributed by atoms with Gasteiger partial charge in [-0.1, -0.05) is 26.2 Å². The fraction of sp³-hybridized carbons (Fsp3) is 1.00. The maximum atomic E-state index is 3.80. The summed E-state index contributed by atoms with van der Waals surface area (Å²) in [5, 5.41) is 3.80. The summed E-state index contributed by atoms with van der Waals surface area (Å²) in [7, 11) is 4.42. The Bertz CT molecular complexity index is 261. The standard InChI is InChI=1S/C17H35N3/c1-4-18-17(15-9-6-5-7-10-15)14-20-12-8-11-16(20)13-19(2)3/h15-18H,4-14H2,1-3H3. The van der Waals surface area contributed by atoms with Crippen LogP contribution in [0.2, 0.25) is 0 Å². The Kier molecular flexibility index (Phi) is 6.79. The van der Waals surface area contributed by atoms with E-state index in [0.717, 1.165) is 24.5 Å². The van der Waals surface area contributed by atoms with Gasteiger partial charge in [-0.2, -0.15) is 0 Å². The first-order valence-corrected chi connectivity index (χ1v) is 8.83. The third kappa shape index (κ3) is 4.71. The molecule has 0 aromatic heterocycles. The van der Waals surface area contributed by atoms with Crippen LogP contribution in [0.4, 0.5) is 0 Å². The lowest BCUT2D eigenvalue weighted by atomic mass is 9.83. The number of nitrogens with one attached hydrogen (secondary N) is 1. The molecule has 0 aromatic rings. The van der Waals surface area contributed by atoms with Crippen LogP contribution in [-0.2, 0) is 0 Å². The van der Waals surface area contributed by atoms with Gasteiger partial charge in [0.1, 0.15) is 0 Å². The van der Waals surface area contributed by atoms with E-state index in [-0.39, 0.29) is 0 Å². The first-order chi connectivity index (χ1) is 9.70. The van der Waals surface area contributed by atoms with Gasteiger partial charge in [0.05, 0.1) is 0 Å². The summed E-state index contributed by atoms with van der Waals surface area (Å²) in [5.41, 5.74) is 0. The van der Waals surface area contributed by atoms with Crippen LogP contribution in [0.5, 0.6) is 0 Å². The van der Waals surface area contributed by atoms with E-state index in [1.54, 1.807) is 0 Å². The van der Waals surface area contributed by atoms with Crippen LogP contribution in [-0.4, -0.2) is 62.2 Å². The molecule has 1 N–H and O–H groups in total. The van der Waals surface area contributed by atoms with E-state index in [1.165, 1.54) is 64.6 Å². The van der Waals surface area contributed by atoms with Gasteiger partial charge in [-0.05, 0) is 58.8 Å². The second kappa shape index (κ2) is 8.35. The molecule has 3 nitrogen and oxygen atoms in total. The molecule has 0 bridgehead atoms. The first kappa shape index (κ1) is 16.3. The van der Waals surface area contributed by atoms with E-state index >= 15 is 0 Å². The molecule has 2 atom stereocenters. The smallest absolute Gasteiger partial charge is 0.0224 e. The van der Waals surface area contributed by atoms with Gasteiger partial charge in [0.15, 0.2) is 0 Å². The predicted octanol–water partition coefficient (Wildman–Crippen LogP) is 2.57. The van der Waals surface area contributed by atoms with E-state index < -0.39 is 0 Å². The first-order valence-electron chi connectivity index (χ1n) is 8.83. The van der Waals surface area contributed by atoms with Crippen molar-refractivity contribution in [2.24, 2.45) is 5.92 Å². The van der Waals surface area contributed by atoms with E-state index in [1.807, 2.05) is 0 Å². The van der Waals surface area contributed by atoms with Gasteiger partial charge in [-0.3, -0.25) is 4.90 Å². The largest absolute Gasteiger partial charge is 0.313 e. The molecular weight excluding hydrogens is 246 g/mol. The Labute approximate surface area is 126 Å². The van der Waals surface area contributed by atoms with Crippen molar-refractivity contribution in [3.63, 3.8) is 0 Å². The van der Waals surface area contributed by atoms with Crippen molar-refractivity contribution in [2.45, 2.75) is 64.0 Å². The summed E-state index contributed by atoms with van der Waals surface area (Å²) in [4.78, 5) is 5.12. The van der Waals surface area contributed by atoms with Crippen LogP contribution in [0, 0.1) is 5.92 Å². The highest BCUT2D eigenvalue weighted by Crippen LogP contribution is 2.28. The fourth-order valence-electron chi connectivity index (χ4n) is 4.20. The number of hydrogen-bond donors (Lipinski definition) is 1. The molecule has 2 unspecified atom stereocenters. The molecule has 3 heteroatoms. The van der Waals surface area contributed by atoms with Crippen LogP contribution >= 0.6 is 0 Å². The Hall–Kier alpha value is -0.120. The van der Waals surface area contributed by atoms with Crippen molar-refractivity contribution >= 4 is 0 Å². The molecule has 0 spiro atoms. The Balaban J connectivity index is 1.88. The van der Waals surface area contributed by atoms with Crippen molar-refractivity contribution in [1.82, 2.24) is 15.1 Å². The van der Waals surface area contributed by atoms with E-state index in [2.05, 4.69) is 36.1 Å². The number of likely N-dealkylation sites (tertiary alicyclic amines) is 1. The fourth-order valence-corrected chi connectivity index (χ4v) is 4.20. The highest BCUT2D eigenvalue weighted by atomic mass is 15.2. The Morgan fingerprint density at radius 2 is 1.85 bits per heavy atom. The third-order valence-corrected chi connectivity index (χ3v) is 5.19. The molecule has 118 valence electrons.